The average Bonchev–Trinajstić information content (AvgIpc) is 2.91. The largest absolute Gasteiger partial charge is 0.497 e. The average molecular weight is 363 g/mol. The summed E-state index contributed by atoms with van der Waals surface area (Å²) < 4.78 is 19.0. The van der Waals surface area contributed by atoms with Crippen molar-refractivity contribution in [1.29, 1.82) is 0 Å². The van der Waals surface area contributed by atoms with Crippen molar-refractivity contribution >= 4 is 11.6 Å². The fourth-order valence-corrected chi connectivity index (χ4v) is 3.54. The quantitative estimate of drug-likeness (QED) is 0.770. The molecule has 0 aromatic heterocycles. The monoisotopic (exact) mass is 363 g/mol. The van der Waals surface area contributed by atoms with Crippen molar-refractivity contribution in [3.8, 4) is 5.75 Å². The van der Waals surface area contributed by atoms with E-state index in [9.17, 15) is 14.3 Å². The second kappa shape index (κ2) is 6.52. The fraction of sp³-hybridized carbons (Fsp3) is 0.136. The summed E-state index contributed by atoms with van der Waals surface area (Å²) in [5.74, 6) is -0.317. The van der Waals surface area contributed by atoms with E-state index in [1.807, 2.05) is 30.3 Å². The number of hydrogen-bond donors (Lipinski definition) is 1. The number of halogens is 1. The summed E-state index contributed by atoms with van der Waals surface area (Å²) in [7, 11) is 1.58. The predicted molar refractivity (Wildman–Crippen MR) is 100 cm³/mol. The zero-order valence-electron chi connectivity index (χ0n) is 14.7. The van der Waals surface area contributed by atoms with Gasteiger partial charge in [0.15, 0.2) is 5.60 Å². The summed E-state index contributed by atoms with van der Waals surface area (Å²) >= 11 is 0. The lowest BCUT2D eigenvalue weighted by Gasteiger charge is -2.24. The standard InChI is InChI=1S/C22H18FNO3/c1-27-18-9-4-6-15(12-18)14-24-20-11-3-2-10-19(20)22(26,21(24)25)16-7-5-8-17(23)13-16/h2-13,26H,14H2,1H3. The molecule has 3 aromatic carbocycles. The summed E-state index contributed by atoms with van der Waals surface area (Å²) in [6, 6.07) is 20.0. The number of fused-ring (bicyclic) bond motifs is 1. The summed E-state index contributed by atoms with van der Waals surface area (Å²) in [6.45, 7) is 0.269. The van der Waals surface area contributed by atoms with Gasteiger partial charge in [-0.25, -0.2) is 4.39 Å². The third-order valence-corrected chi connectivity index (χ3v) is 4.86. The van der Waals surface area contributed by atoms with Crippen LogP contribution in [0.15, 0.2) is 72.8 Å². The molecule has 1 aliphatic heterocycles. The molecule has 4 nitrogen and oxygen atoms in total. The van der Waals surface area contributed by atoms with Crippen molar-refractivity contribution in [3.63, 3.8) is 0 Å². The third-order valence-electron chi connectivity index (χ3n) is 4.86. The molecule has 3 aromatic rings. The van der Waals surface area contributed by atoms with Gasteiger partial charge in [0.1, 0.15) is 11.6 Å². The Morgan fingerprint density at radius 3 is 2.59 bits per heavy atom. The highest BCUT2D eigenvalue weighted by molar-refractivity contribution is 6.09. The number of carbonyl (C=O) groups is 1. The Morgan fingerprint density at radius 2 is 1.81 bits per heavy atom. The lowest BCUT2D eigenvalue weighted by Crippen LogP contribution is -2.41. The third kappa shape index (κ3) is 2.76. The molecule has 1 atom stereocenters. The molecule has 27 heavy (non-hydrogen) atoms. The molecule has 1 N–H and O–H groups in total. The first-order valence-electron chi connectivity index (χ1n) is 8.57. The molecule has 0 bridgehead atoms. The first-order valence-corrected chi connectivity index (χ1v) is 8.57. The number of benzene rings is 3. The Bertz CT molecular complexity index is 1020. The Labute approximate surface area is 156 Å². The predicted octanol–water partition coefficient (Wildman–Crippen LogP) is 3.62. The zero-order valence-corrected chi connectivity index (χ0v) is 14.7. The van der Waals surface area contributed by atoms with E-state index in [4.69, 9.17) is 4.74 Å². The molecular formula is C22H18FNO3. The highest BCUT2D eigenvalue weighted by Gasteiger charge is 2.51. The van der Waals surface area contributed by atoms with Gasteiger partial charge < -0.3 is 14.7 Å². The molecule has 0 radical (unpaired) electrons. The van der Waals surface area contributed by atoms with Crippen LogP contribution in [-0.2, 0) is 16.9 Å². The van der Waals surface area contributed by atoms with E-state index in [0.717, 1.165) is 5.56 Å². The molecule has 1 aliphatic rings. The van der Waals surface area contributed by atoms with E-state index >= 15 is 0 Å². The first-order chi connectivity index (χ1) is 13.0. The molecule has 1 heterocycles. The van der Waals surface area contributed by atoms with Crippen LogP contribution in [0.1, 0.15) is 16.7 Å². The van der Waals surface area contributed by atoms with Crippen LogP contribution in [0.2, 0.25) is 0 Å². The van der Waals surface area contributed by atoms with Gasteiger partial charge >= 0.3 is 0 Å². The maximum absolute atomic E-state index is 13.8. The van der Waals surface area contributed by atoms with Gasteiger partial charge in [0, 0.05) is 11.1 Å². The number of carbonyl (C=O) groups excluding carboxylic acids is 1. The van der Waals surface area contributed by atoms with Gasteiger partial charge in [-0.2, -0.15) is 0 Å². The summed E-state index contributed by atoms with van der Waals surface area (Å²) in [5, 5.41) is 11.4. The van der Waals surface area contributed by atoms with E-state index in [0.29, 0.717) is 17.0 Å². The van der Waals surface area contributed by atoms with Crippen molar-refractivity contribution in [2.24, 2.45) is 0 Å². The van der Waals surface area contributed by atoms with Crippen LogP contribution in [0.4, 0.5) is 10.1 Å². The van der Waals surface area contributed by atoms with E-state index in [2.05, 4.69) is 0 Å². The van der Waals surface area contributed by atoms with Crippen LogP contribution in [0.5, 0.6) is 5.75 Å². The van der Waals surface area contributed by atoms with Crippen molar-refractivity contribution in [2.45, 2.75) is 12.1 Å². The Balaban J connectivity index is 1.80. The van der Waals surface area contributed by atoms with Gasteiger partial charge in [-0.1, -0.05) is 42.5 Å². The molecule has 0 saturated heterocycles. The number of methoxy groups -OCH3 is 1. The number of nitrogens with zero attached hydrogens (tertiary/aromatic N) is 1. The molecule has 0 spiro atoms. The van der Waals surface area contributed by atoms with E-state index < -0.39 is 17.3 Å². The zero-order chi connectivity index (χ0) is 19.0. The van der Waals surface area contributed by atoms with Gasteiger partial charge in [-0.3, -0.25) is 4.79 Å². The number of hydrogen-bond acceptors (Lipinski definition) is 3. The van der Waals surface area contributed by atoms with E-state index in [1.165, 1.54) is 23.1 Å². The van der Waals surface area contributed by atoms with Gasteiger partial charge in [-0.15, -0.1) is 0 Å². The molecule has 0 saturated carbocycles. The molecular weight excluding hydrogens is 345 g/mol. The Hall–Kier alpha value is -3.18. The van der Waals surface area contributed by atoms with Crippen molar-refractivity contribution in [1.82, 2.24) is 0 Å². The lowest BCUT2D eigenvalue weighted by molar-refractivity contribution is -0.132. The fourth-order valence-electron chi connectivity index (χ4n) is 3.54. The van der Waals surface area contributed by atoms with Gasteiger partial charge in [-0.05, 0) is 35.9 Å². The molecule has 1 unspecified atom stereocenters. The summed E-state index contributed by atoms with van der Waals surface area (Å²) in [5.41, 5.74) is 0.215. The van der Waals surface area contributed by atoms with Crippen LogP contribution in [0.3, 0.4) is 0 Å². The highest BCUT2D eigenvalue weighted by Crippen LogP contribution is 2.45. The van der Waals surface area contributed by atoms with Crippen LogP contribution in [-0.4, -0.2) is 18.1 Å². The molecule has 0 aliphatic carbocycles. The number of ether oxygens (including phenoxy) is 1. The van der Waals surface area contributed by atoms with Gasteiger partial charge in [0.05, 0.1) is 19.3 Å². The maximum atomic E-state index is 13.8. The molecule has 5 heteroatoms. The SMILES string of the molecule is COc1cccc(CN2C(=O)C(O)(c3cccc(F)c3)c3ccccc32)c1. The first kappa shape index (κ1) is 17.2. The van der Waals surface area contributed by atoms with Crippen molar-refractivity contribution < 1.29 is 19.0 Å². The van der Waals surface area contributed by atoms with Gasteiger partial charge in [0.2, 0.25) is 0 Å². The van der Waals surface area contributed by atoms with Crippen LogP contribution in [0, 0.1) is 5.82 Å². The van der Waals surface area contributed by atoms with E-state index in [-0.39, 0.29) is 12.1 Å². The molecule has 136 valence electrons. The number of aliphatic hydroxyl groups is 1. The lowest BCUT2D eigenvalue weighted by atomic mass is 9.87. The number of amides is 1. The molecule has 1 amide bonds. The topological polar surface area (TPSA) is 49.8 Å². The smallest absolute Gasteiger partial charge is 0.268 e. The minimum Gasteiger partial charge on any atom is -0.497 e. The second-order valence-electron chi connectivity index (χ2n) is 6.48. The minimum atomic E-state index is -1.92. The van der Waals surface area contributed by atoms with Crippen LogP contribution in [0.25, 0.3) is 0 Å². The number of para-hydroxylation sites is 1. The Morgan fingerprint density at radius 1 is 1.04 bits per heavy atom. The second-order valence-corrected chi connectivity index (χ2v) is 6.48. The summed E-state index contributed by atoms with van der Waals surface area (Å²) in [6.07, 6.45) is 0. The molecule has 0 fully saturated rings. The van der Waals surface area contributed by atoms with Crippen LogP contribution >= 0.6 is 0 Å². The Kier molecular flexibility index (Phi) is 4.16. The number of anilines is 1. The van der Waals surface area contributed by atoms with Gasteiger partial charge in [0.25, 0.3) is 5.91 Å². The summed E-state index contributed by atoms with van der Waals surface area (Å²) in [4.78, 5) is 14.8. The van der Waals surface area contributed by atoms with Crippen molar-refractivity contribution in [3.05, 3.63) is 95.3 Å². The van der Waals surface area contributed by atoms with E-state index in [1.54, 1.807) is 31.4 Å². The molecule has 4 rings (SSSR count). The minimum absolute atomic E-state index is 0.216. The maximum Gasteiger partial charge on any atom is 0.268 e. The highest BCUT2D eigenvalue weighted by atomic mass is 19.1. The van der Waals surface area contributed by atoms with Crippen LogP contribution < -0.4 is 9.64 Å². The normalized spacial score (nSPS) is 18.5. The van der Waals surface area contributed by atoms with Crippen molar-refractivity contribution in [2.75, 3.05) is 12.0 Å². The number of rotatable bonds is 4.